The quantitative estimate of drug-likeness (QED) is 0.593. The number of hydrogen-bond acceptors (Lipinski definition) is 3. The van der Waals surface area contributed by atoms with E-state index in [2.05, 4.69) is 9.97 Å². The molecular formula is C20H15N3O2. The Kier molecular flexibility index (Phi) is 3.54. The highest BCUT2D eigenvalue weighted by Crippen LogP contribution is 2.37. The number of benzene rings is 2. The minimum Gasteiger partial charge on any atom is -0.345 e. The SMILES string of the molecule is CN1C(=O)/C(=C\c2cnc[nH]2)c2ccc(C(=O)c3ccccc3)cc21. The molecule has 0 unspecified atom stereocenters. The van der Waals surface area contributed by atoms with Gasteiger partial charge in [-0.15, -0.1) is 0 Å². The van der Waals surface area contributed by atoms with Crippen molar-refractivity contribution >= 4 is 29.0 Å². The first kappa shape index (κ1) is 15.1. The van der Waals surface area contributed by atoms with Crippen LogP contribution in [-0.2, 0) is 4.79 Å². The number of imidazole rings is 1. The number of fused-ring (bicyclic) bond motifs is 1. The van der Waals surface area contributed by atoms with Crippen LogP contribution in [0.3, 0.4) is 0 Å². The van der Waals surface area contributed by atoms with Gasteiger partial charge in [0.1, 0.15) is 0 Å². The third-order valence-corrected chi connectivity index (χ3v) is 4.30. The normalized spacial score (nSPS) is 14.8. The van der Waals surface area contributed by atoms with Gasteiger partial charge in [0.25, 0.3) is 5.91 Å². The molecule has 25 heavy (non-hydrogen) atoms. The molecule has 0 atom stereocenters. The molecule has 5 heteroatoms. The van der Waals surface area contributed by atoms with E-state index in [-0.39, 0.29) is 11.7 Å². The average molecular weight is 329 g/mol. The van der Waals surface area contributed by atoms with Crippen LogP contribution in [-0.4, -0.2) is 28.7 Å². The van der Waals surface area contributed by atoms with E-state index in [0.29, 0.717) is 16.7 Å². The van der Waals surface area contributed by atoms with Crippen molar-refractivity contribution in [3.63, 3.8) is 0 Å². The van der Waals surface area contributed by atoms with Gasteiger partial charge in [-0.25, -0.2) is 4.98 Å². The Bertz CT molecular complexity index is 989. The van der Waals surface area contributed by atoms with E-state index in [1.54, 1.807) is 54.8 Å². The van der Waals surface area contributed by atoms with Crippen molar-refractivity contribution in [1.29, 1.82) is 0 Å². The molecule has 1 amide bonds. The molecule has 0 aliphatic carbocycles. The van der Waals surface area contributed by atoms with Crippen LogP contribution in [0.1, 0.15) is 27.2 Å². The summed E-state index contributed by atoms with van der Waals surface area (Å²) in [5.74, 6) is -0.163. The minimum absolute atomic E-state index is 0.0600. The molecule has 1 aromatic heterocycles. The summed E-state index contributed by atoms with van der Waals surface area (Å²) >= 11 is 0. The monoisotopic (exact) mass is 329 g/mol. The second kappa shape index (κ2) is 5.87. The van der Waals surface area contributed by atoms with E-state index in [1.807, 2.05) is 24.3 Å². The van der Waals surface area contributed by atoms with E-state index in [9.17, 15) is 9.59 Å². The molecule has 2 heterocycles. The number of anilines is 1. The first-order valence-corrected chi connectivity index (χ1v) is 7.87. The number of nitrogens with one attached hydrogen (secondary N) is 1. The third-order valence-electron chi connectivity index (χ3n) is 4.30. The third kappa shape index (κ3) is 2.55. The maximum atomic E-state index is 12.6. The van der Waals surface area contributed by atoms with Gasteiger partial charge < -0.3 is 9.88 Å². The zero-order valence-electron chi connectivity index (χ0n) is 13.6. The van der Waals surface area contributed by atoms with Crippen LogP contribution >= 0.6 is 0 Å². The van der Waals surface area contributed by atoms with Crippen molar-refractivity contribution in [3.8, 4) is 0 Å². The Morgan fingerprint density at radius 1 is 1.12 bits per heavy atom. The summed E-state index contributed by atoms with van der Waals surface area (Å²) < 4.78 is 0. The zero-order valence-corrected chi connectivity index (χ0v) is 13.6. The maximum absolute atomic E-state index is 12.6. The number of amides is 1. The highest BCUT2D eigenvalue weighted by molar-refractivity contribution is 6.35. The van der Waals surface area contributed by atoms with Crippen LogP contribution in [0.4, 0.5) is 5.69 Å². The van der Waals surface area contributed by atoms with Crippen molar-refractivity contribution in [2.45, 2.75) is 0 Å². The molecule has 1 aliphatic heterocycles. The van der Waals surface area contributed by atoms with Gasteiger partial charge in [0.2, 0.25) is 0 Å². The van der Waals surface area contributed by atoms with Gasteiger partial charge in [-0.1, -0.05) is 42.5 Å². The van der Waals surface area contributed by atoms with Crippen LogP contribution in [0.25, 0.3) is 11.6 Å². The van der Waals surface area contributed by atoms with Gasteiger partial charge >= 0.3 is 0 Å². The molecule has 0 spiro atoms. The molecule has 5 nitrogen and oxygen atoms in total. The topological polar surface area (TPSA) is 66.1 Å². The Morgan fingerprint density at radius 2 is 1.92 bits per heavy atom. The molecule has 0 bridgehead atoms. The van der Waals surface area contributed by atoms with E-state index in [0.717, 1.165) is 16.9 Å². The van der Waals surface area contributed by atoms with Crippen molar-refractivity contribution in [1.82, 2.24) is 9.97 Å². The van der Waals surface area contributed by atoms with Crippen LogP contribution in [0.5, 0.6) is 0 Å². The van der Waals surface area contributed by atoms with Crippen molar-refractivity contribution < 1.29 is 9.59 Å². The summed E-state index contributed by atoms with van der Waals surface area (Å²) in [5, 5.41) is 0. The first-order valence-electron chi connectivity index (χ1n) is 7.87. The van der Waals surface area contributed by atoms with Crippen LogP contribution < -0.4 is 4.90 Å². The standard InChI is InChI=1S/C20H15N3O2/c1-23-18-9-14(19(24)13-5-3-2-4-6-13)7-8-16(18)17(20(23)25)10-15-11-21-12-22-15/h2-12H,1H3,(H,21,22)/b17-10-. The predicted octanol–water partition coefficient (Wildman–Crippen LogP) is 3.16. The summed E-state index contributed by atoms with van der Waals surface area (Å²) in [5.41, 5.74) is 4.08. The number of nitrogens with zero attached hydrogens (tertiary/aromatic N) is 2. The molecule has 3 aromatic rings. The lowest BCUT2D eigenvalue weighted by atomic mass is 9.99. The number of aromatic nitrogens is 2. The van der Waals surface area contributed by atoms with Crippen molar-refractivity contribution in [3.05, 3.63) is 83.4 Å². The Morgan fingerprint density at radius 3 is 2.64 bits per heavy atom. The lowest BCUT2D eigenvalue weighted by Crippen LogP contribution is -2.20. The summed E-state index contributed by atoms with van der Waals surface area (Å²) in [6.07, 6.45) is 5.00. The molecule has 0 saturated heterocycles. The number of aromatic amines is 1. The number of rotatable bonds is 3. The van der Waals surface area contributed by atoms with Gasteiger partial charge in [-0.05, 0) is 12.1 Å². The zero-order chi connectivity index (χ0) is 17.4. The van der Waals surface area contributed by atoms with Gasteiger partial charge in [0.15, 0.2) is 5.78 Å². The van der Waals surface area contributed by atoms with Crippen LogP contribution in [0, 0.1) is 0 Å². The van der Waals surface area contributed by atoms with Crippen molar-refractivity contribution in [2.75, 3.05) is 11.9 Å². The van der Waals surface area contributed by atoms with Gasteiger partial charge in [0, 0.05) is 23.7 Å². The van der Waals surface area contributed by atoms with Gasteiger partial charge in [-0.3, -0.25) is 9.59 Å². The molecule has 0 fully saturated rings. The molecule has 0 radical (unpaired) electrons. The van der Waals surface area contributed by atoms with Crippen molar-refractivity contribution in [2.24, 2.45) is 0 Å². The number of hydrogen-bond donors (Lipinski definition) is 1. The lowest BCUT2D eigenvalue weighted by molar-refractivity contribution is -0.112. The number of carbonyl (C=O) groups excluding carboxylic acids is 2. The van der Waals surface area contributed by atoms with E-state index in [4.69, 9.17) is 0 Å². The highest BCUT2D eigenvalue weighted by atomic mass is 16.2. The summed E-state index contributed by atoms with van der Waals surface area (Å²) in [4.78, 5) is 33.7. The summed E-state index contributed by atoms with van der Waals surface area (Å²) in [6.45, 7) is 0. The first-order chi connectivity index (χ1) is 12.1. The fraction of sp³-hybridized carbons (Fsp3) is 0.0500. The fourth-order valence-corrected chi connectivity index (χ4v) is 2.98. The Balaban J connectivity index is 1.77. The average Bonchev–Trinajstić information content (AvgIpc) is 3.25. The number of ketones is 1. The Labute approximate surface area is 144 Å². The van der Waals surface area contributed by atoms with Crippen LogP contribution in [0.2, 0.25) is 0 Å². The van der Waals surface area contributed by atoms with E-state index in [1.165, 1.54) is 0 Å². The molecule has 1 aliphatic rings. The molecule has 0 saturated carbocycles. The molecular weight excluding hydrogens is 314 g/mol. The minimum atomic E-state index is -0.103. The van der Waals surface area contributed by atoms with Gasteiger partial charge in [0.05, 0.1) is 29.5 Å². The molecule has 122 valence electrons. The highest BCUT2D eigenvalue weighted by Gasteiger charge is 2.30. The molecule has 2 aromatic carbocycles. The van der Waals surface area contributed by atoms with Gasteiger partial charge in [-0.2, -0.15) is 0 Å². The molecule has 1 N–H and O–H groups in total. The molecule has 4 rings (SSSR count). The summed E-state index contributed by atoms with van der Waals surface area (Å²) in [7, 11) is 1.71. The van der Waals surface area contributed by atoms with E-state index >= 15 is 0 Å². The maximum Gasteiger partial charge on any atom is 0.258 e. The lowest BCUT2D eigenvalue weighted by Gasteiger charge is -2.10. The second-order valence-electron chi connectivity index (χ2n) is 5.86. The predicted molar refractivity (Wildman–Crippen MR) is 96.2 cm³/mol. The largest absolute Gasteiger partial charge is 0.345 e. The van der Waals surface area contributed by atoms with Crippen LogP contribution in [0.15, 0.2) is 61.1 Å². The number of H-pyrrole nitrogens is 1. The fourth-order valence-electron chi connectivity index (χ4n) is 2.98. The second-order valence-corrected chi connectivity index (χ2v) is 5.86. The van der Waals surface area contributed by atoms with E-state index < -0.39 is 0 Å². The number of carbonyl (C=O) groups is 2. The smallest absolute Gasteiger partial charge is 0.258 e. The Hall–Kier alpha value is -3.47. The number of likely N-dealkylation sites (N-methyl/N-ethyl adjacent to an activating group) is 1. The summed E-state index contributed by atoms with van der Waals surface area (Å²) in [6, 6.07) is 14.5.